The van der Waals surface area contributed by atoms with Crippen molar-refractivity contribution in [2.75, 3.05) is 19.7 Å². The molecule has 0 aromatic rings. The first-order valence-electron chi connectivity index (χ1n) is 3.71. The van der Waals surface area contributed by atoms with Gasteiger partial charge in [0.1, 0.15) is 0 Å². The number of nitrogens with two attached hydrogens (primary N) is 1. The van der Waals surface area contributed by atoms with Crippen LogP contribution in [0.15, 0.2) is 0 Å². The monoisotopic (exact) mass is 214 g/mol. The highest BCUT2D eigenvalue weighted by Gasteiger charge is 2.12. The van der Waals surface area contributed by atoms with E-state index in [0.29, 0.717) is 19.7 Å². The fourth-order valence-electron chi connectivity index (χ4n) is 0.491. The molecule has 0 aromatic carbocycles. The van der Waals surface area contributed by atoms with Gasteiger partial charge in [-0.3, -0.25) is 0 Å². The molecule has 0 rings (SSSR count). The molecule has 0 fully saturated rings. The van der Waals surface area contributed by atoms with Crippen LogP contribution in [0, 0.1) is 0 Å². The molecule has 1 atom stereocenters. The molecular weight excluding hydrogens is 199 g/mol. The summed E-state index contributed by atoms with van der Waals surface area (Å²) in [7, 11) is 0. The topological polar surface area (TPSA) is 76.7 Å². The summed E-state index contributed by atoms with van der Waals surface area (Å²) >= 11 is 4.62. The molecule has 7 heteroatoms. The number of hydroxylamine groups is 1. The van der Waals surface area contributed by atoms with Gasteiger partial charge in [-0.1, -0.05) is 0 Å². The summed E-state index contributed by atoms with van der Waals surface area (Å²) in [6, 6.07) is 0. The Morgan fingerprint density at radius 3 is 2.83 bits per heavy atom. The summed E-state index contributed by atoms with van der Waals surface area (Å²) in [5, 5.41) is 0. The summed E-state index contributed by atoms with van der Waals surface area (Å²) in [6.45, 7) is 0.152. The van der Waals surface area contributed by atoms with Crippen LogP contribution >= 0.6 is 6.72 Å². The molecule has 0 spiro atoms. The van der Waals surface area contributed by atoms with Gasteiger partial charge in [0.05, 0.1) is 6.61 Å². The maximum atomic E-state index is 9.20. The van der Waals surface area contributed by atoms with Gasteiger partial charge in [0.25, 0.3) is 0 Å². The number of hydrogen-bond acceptors (Lipinski definition) is 5. The fourth-order valence-corrected chi connectivity index (χ4v) is 1.60. The molecule has 0 aliphatic heterocycles. The maximum Gasteiger partial charge on any atom is 0.341 e. The Kier molecular flexibility index (Phi) is 7.17. The molecule has 74 valence electrons. The highest BCUT2D eigenvalue weighted by Crippen LogP contribution is 2.41. The van der Waals surface area contributed by atoms with E-state index in [2.05, 4.69) is 17.3 Å². The normalized spacial score (nSPS) is 15.9. The summed E-state index contributed by atoms with van der Waals surface area (Å²) in [4.78, 5) is 9.20. The van der Waals surface area contributed by atoms with E-state index >= 15 is 0 Å². The lowest BCUT2D eigenvalue weighted by Crippen LogP contribution is -2.17. The third-order valence-corrected chi connectivity index (χ3v) is 2.44. The van der Waals surface area contributed by atoms with Crippen molar-refractivity contribution in [2.24, 2.45) is 5.73 Å². The molecule has 0 aliphatic rings. The van der Waals surface area contributed by atoms with Crippen LogP contribution in [0.2, 0.25) is 0 Å². The Morgan fingerprint density at radius 2 is 2.33 bits per heavy atom. The lowest BCUT2D eigenvalue weighted by Gasteiger charge is -2.13. The van der Waals surface area contributed by atoms with E-state index in [1.165, 1.54) is 0 Å². The van der Waals surface area contributed by atoms with Gasteiger partial charge < -0.3 is 15.2 Å². The summed E-state index contributed by atoms with van der Waals surface area (Å²) in [5.41, 5.74) is 7.73. The predicted octanol–water partition coefficient (Wildman–Crippen LogP) is 0.110. The van der Waals surface area contributed by atoms with Crippen LogP contribution in [0.25, 0.3) is 0 Å². The minimum Gasteiger partial charge on any atom is -0.330 e. The van der Waals surface area contributed by atoms with E-state index in [4.69, 9.17) is 14.9 Å². The zero-order valence-electron chi connectivity index (χ0n) is 7.02. The second-order valence-corrected chi connectivity index (χ2v) is 4.78. The van der Waals surface area contributed by atoms with E-state index in [0.717, 1.165) is 6.42 Å². The predicted molar refractivity (Wildman–Crippen MR) is 50.9 cm³/mol. The van der Waals surface area contributed by atoms with Gasteiger partial charge in [-0.25, -0.2) is 4.62 Å². The molecule has 0 saturated heterocycles. The Labute approximate surface area is 77.4 Å². The highest BCUT2D eigenvalue weighted by molar-refractivity contribution is 8.07. The minimum absolute atomic E-state index is 0.340. The molecule has 0 saturated carbocycles. The van der Waals surface area contributed by atoms with Gasteiger partial charge >= 0.3 is 6.72 Å². The summed E-state index contributed by atoms with van der Waals surface area (Å²) in [6.07, 6.45) is 0.765. The molecule has 0 aromatic heterocycles. The van der Waals surface area contributed by atoms with Gasteiger partial charge in [-0.2, -0.15) is 5.48 Å². The average molecular weight is 214 g/mol. The number of rotatable bonds is 7. The van der Waals surface area contributed by atoms with E-state index in [9.17, 15) is 4.89 Å². The quantitative estimate of drug-likeness (QED) is 0.317. The average Bonchev–Trinajstić information content (AvgIpc) is 1.98. The molecule has 0 amide bonds. The fraction of sp³-hybridized carbons (Fsp3) is 1.00. The standard InChI is InChI=1S/C5H15N2O3PS/c1-2-9-11(8,12)10-7-5-3-4-6/h7H,2-6H2,1H3,(H,8,12). The molecule has 0 heterocycles. The Balaban J connectivity index is 3.41. The largest absolute Gasteiger partial charge is 0.341 e. The van der Waals surface area contributed by atoms with Crippen LogP contribution in [0.4, 0.5) is 0 Å². The second-order valence-electron chi connectivity index (χ2n) is 2.01. The zero-order chi connectivity index (χ0) is 9.45. The van der Waals surface area contributed by atoms with Crippen molar-refractivity contribution < 1.29 is 14.0 Å². The first-order chi connectivity index (χ1) is 5.62. The highest BCUT2D eigenvalue weighted by atomic mass is 32.5. The Hall–Kier alpha value is 0.450. The molecule has 1 unspecified atom stereocenters. The van der Waals surface area contributed by atoms with Crippen molar-refractivity contribution >= 4 is 18.5 Å². The Bertz CT molecular complexity index is 158. The van der Waals surface area contributed by atoms with Crippen LogP contribution in [-0.2, 0) is 21.0 Å². The van der Waals surface area contributed by atoms with E-state index in [-0.39, 0.29) is 0 Å². The first-order valence-corrected chi connectivity index (χ1v) is 6.30. The van der Waals surface area contributed by atoms with Crippen molar-refractivity contribution in [3.05, 3.63) is 0 Å². The van der Waals surface area contributed by atoms with Gasteiger partial charge in [0.2, 0.25) is 0 Å². The molecule has 5 nitrogen and oxygen atoms in total. The van der Waals surface area contributed by atoms with Crippen LogP contribution in [0.1, 0.15) is 13.3 Å². The molecule has 0 aliphatic carbocycles. The number of hydrogen-bond donors (Lipinski definition) is 3. The van der Waals surface area contributed by atoms with Crippen molar-refractivity contribution in [1.29, 1.82) is 0 Å². The Morgan fingerprint density at radius 1 is 1.67 bits per heavy atom. The van der Waals surface area contributed by atoms with E-state index in [1.54, 1.807) is 6.92 Å². The third kappa shape index (κ3) is 7.12. The maximum absolute atomic E-state index is 9.20. The lowest BCUT2D eigenvalue weighted by atomic mass is 10.4. The number of nitrogens with one attached hydrogen (secondary N) is 1. The molecule has 4 N–H and O–H groups in total. The van der Waals surface area contributed by atoms with Crippen LogP contribution in [0.3, 0.4) is 0 Å². The van der Waals surface area contributed by atoms with E-state index in [1.807, 2.05) is 0 Å². The smallest absolute Gasteiger partial charge is 0.330 e. The zero-order valence-corrected chi connectivity index (χ0v) is 8.74. The van der Waals surface area contributed by atoms with Crippen molar-refractivity contribution in [3.8, 4) is 0 Å². The van der Waals surface area contributed by atoms with Gasteiger partial charge in [0, 0.05) is 6.54 Å². The minimum atomic E-state index is -3.05. The first kappa shape index (κ1) is 12.4. The van der Waals surface area contributed by atoms with Gasteiger partial charge in [-0.05, 0) is 31.7 Å². The molecule has 12 heavy (non-hydrogen) atoms. The SMILES string of the molecule is CCOP(O)(=S)ONCCCN. The second kappa shape index (κ2) is 6.91. The van der Waals surface area contributed by atoms with Crippen molar-refractivity contribution in [3.63, 3.8) is 0 Å². The molecule has 0 bridgehead atoms. The van der Waals surface area contributed by atoms with Crippen LogP contribution in [0.5, 0.6) is 0 Å². The van der Waals surface area contributed by atoms with Gasteiger partial charge in [0.15, 0.2) is 0 Å². The van der Waals surface area contributed by atoms with Crippen LogP contribution in [-0.4, -0.2) is 24.6 Å². The van der Waals surface area contributed by atoms with Crippen molar-refractivity contribution in [1.82, 2.24) is 5.48 Å². The third-order valence-electron chi connectivity index (χ3n) is 0.955. The van der Waals surface area contributed by atoms with Gasteiger partial charge in [-0.15, -0.1) is 0 Å². The van der Waals surface area contributed by atoms with E-state index < -0.39 is 6.72 Å². The lowest BCUT2D eigenvalue weighted by molar-refractivity contribution is 0.136. The summed E-state index contributed by atoms with van der Waals surface area (Å²) < 4.78 is 9.50. The van der Waals surface area contributed by atoms with Crippen molar-refractivity contribution in [2.45, 2.75) is 13.3 Å². The molecular formula is C5H15N2O3PS. The summed E-state index contributed by atoms with van der Waals surface area (Å²) in [5.74, 6) is 0. The molecule has 0 radical (unpaired) electrons. The van der Waals surface area contributed by atoms with Crippen LogP contribution < -0.4 is 11.2 Å².